The third-order valence-corrected chi connectivity index (χ3v) is 6.58. The van der Waals surface area contributed by atoms with Crippen LogP contribution < -0.4 is 5.32 Å². The molecule has 1 N–H and O–H groups in total. The second-order valence-electron chi connectivity index (χ2n) is 7.45. The van der Waals surface area contributed by atoms with Crippen LogP contribution >= 0.6 is 11.3 Å². The third kappa shape index (κ3) is 4.60. The molecule has 0 bridgehead atoms. The lowest BCUT2D eigenvalue weighted by atomic mass is 9.93. The van der Waals surface area contributed by atoms with Crippen LogP contribution in [-0.4, -0.2) is 34.3 Å². The lowest BCUT2D eigenvalue weighted by molar-refractivity contribution is -0.141. The predicted molar refractivity (Wildman–Crippen MR) is 101 cm³/mol. The van der Waals surface area contributed by atoms with Crippen LogP contribution in [0.25, 0.3) is 0 Å². The topological polar surface area (TPSA) is 62.3 Å². The predicted octanol–water partition coefficient (Wildman–Crippen LogP) is 4.05. The zero-order chi connectivity index (χ0) is 17.8. The summed E-state index contributed by atoms with van der Waals surface area (Å²) in [5.74, 6) is 0.204. The summed E-state index contributed by atoms with van der Waals surface area (Å²) >= 11 is 1.49. The van der Waals surface area contributed by atoms with Gasteiger partial charge in [0, 0.05) is 16.8 Å². The van der Waals surface area contributed by atoms with E-state index in [0.717, 1.165) is 61.9 Å². The summed E-state index contributed by atoms with van der Waals surface area (Å²) in [6, 6.07) is 0.229. The average molecular weight is 364 g/mol. The van der Waals surface area contributed by atoms with Gasteiger partial charge in [0.1, 0.15) is 6.54 Å². The lowest BCUT2D eigenvalue weighted by Gasteiger charge is -2.35. The largest absolute Gasteiger partial charge is 0.330 e. The van der Waals surface area contributed by atoms with Crippen LogP contribution in [0.4, 0.5) is 5.13 Å². The first-order valence-corrected chi connectivity index (χ1v) is 10.4. The molecule has 0 aromatic carbocycles. The van der Waals surface area contributed by atoms with Crippen LogP contribution in [0, 0.1) is 19.8 Å². The van der Waals surface area contributed by atoms with E-state index in [1.165, 1.54) is 17.8 Å². The standard InChI is InChI=1S/C19H29N3O2S/c1-13-14(2)25-19(20-13)21-17(23)12-22(16-10-4-3-5-11-16)18(24)15-8-6-7-9-15/h15-16H,3-12H2,1-2H3,(H,20,21,23). The van der Waals surface area contributed by atoms with Crippen molar-refractivity contribution in [2.45, 2.75) is 77.7 Å². The maximum Gasteiger partial charge on any atom is 0.245 e. The number of aryl methyl sites for hydroxylation is 2. The van der Waals surface area contributed by atoms with Gasteiger partial charge in [-0.3, -0.25) is 9.59 Å². The zero-order valence-electron chi connectivity index (χ0n) is 15.3. The van der Waals surface area contributed by atoms with Crippen molar-refractivity contribution in [1.29, 1.82) is 0 Å². The van der Waals surface area contributed by atoms with Gasteiger partial charge in [-0.15, -0.1) is 11.3 Å². The Morgan fingerprint density at radius 1 is 1.08 bits per heavy atom. The van der Waals surface area contributed by atoms with Crippen LogP contribution in [-0.2, 0) is 9.59 Å². The first-order valence-electron chi connectivity index (χ1n) is 9.59. The molecule has 25 heavy (non-hydrogen) atoms. The Hall–Kier alpha value is -1.43. The second-order valence-corrected chi connectivity index (χ2v) is 8.65. The molecule has 0 atom stereocenters. The molecule has 1 aromatic rings. The molecule has 6 heteroatoms. The van der Waals surface area contributed by atoms with Gasteiger partial charge in [0.2, 0.25) is 11.8 Å². The van der Waals surface area contributed by atoms with Gasteiger partial charge in [0.05, 0.1) is 5.69 Å². The van der Waals surface area contributed by atoms with Crippen LogP contribution in [0.5, 0.6) is 0 Å². The number of nitrogens with one attached hydrogen (secondary N) is 1. The summed E-state index contributed by atoms with van der Waals surface area (Å²) in [6.45, 7) is 4.11. The van der Waals surface area contributed by atoms with Gasteiger partial charge in [-0.2, -0.15) is 0 Å². The third-order valence-electron chi connectivity index (χ3n) is 5.59. The van der Waals surface area contributed by atoms with Crippen molar-refractivity contribution in [3.8, 4) is 0 Å². The summed E-state index contributed by atoms with van der Waals surface area (Å²) < 4.78 is 0. The number of rotatable bonds is 5. The number of anilines is 1. The number of hydrogen-bond donors (Lipinski definition) is 1. The molecule has 5 nitrogen and oxygen atoms in total. The minimum absolute atomic E-state index is 0.120. The van der Waals surface area contributed by atoms with Gasteiger partial charge in [-0.1, -0.05) is 32.1 Å². The molecule has 0 spiro atoms. The summed E-state index contributed by atoms with van der Waals surface area (Å²) in [4.78, 5) is 33.0. The van der Waals surface area contributed by atoms with Crippen LogP contribution in [0.1, 0.15) is 68.4 Å². The van der Waals surface area contributed by atoms with Crippen molar-refractivity contribution in [3.05, 3.63) is 10.6 Å². The van der Waals surface area contributed by atoms with E-state index in [2.05, 4.69) is 10.3 Å². The smallest absolute Gasteiger partial charge is 0.245 e. The fourth-order valence-corrected chi connectivity index (χ4v) is 4.86. The van der Waals surface area contributed by atoms with E-state index < -0.39 is 0 Å². The highest BCUT2D eigenvalue weighted by molar-refractivity contribution is 7.15. The van der Waals surface area contributed by atoms with Gasteiger partial charge in [0.25, 0.3) is 0 Å². The van der Waals surface area contributed by atoms with Crippen LogP contribution in [0.15, 0.2) is 0 Å². The first-order chi connectivity index (χ1) is 12.0. The monoisotopic (exact) mass is 363 g/mol. The highest BCUT2D eigenvalue weighted by atomic mass is 32.1. The van der Waals surface area contributed by atoms with Crippen molar-refractivity contribution in [2.24, 2.45) is 5.92 Å². The van der Waals surface area contributed by atoms with Crippen molar-refractivity contribution in [2.75, 3.05) is 11.9 Å². The Morgan fingerprint density at radius 2 is 1.72 bits per heavy atom. The molecule has 0 radical (unpaired) electrons. The maximum absolute atomic E-state index is 13.0. The quantitative estimate of drug-likeness (QED) is 0.858. The van der Waals surface area contributed by atoms with Gasteiger partial charge >= 0.3 is 0 Å². The Kier molecular flexibility index (Phi) is 6.10. The van der Waals surface area contributed by atoms with Gasteiger partial charge in [-0.25, -0.2) is 4.98 Å². The highest BCUT2D eigenvalue weighted by Crippen LogP contribution is 2.30. The van der Waals surface area contributed by atoms with Crippen LogP contribution in [0.2, 0.25) is 0 Å². The number of aromatic nitrogens is 1. The van der Waals surface area contributed by atoms with Crippen molar-refractivity contribution < 1.29 is 9.59 Å². The number of carbonyl (C=O) groups is 2. The van der Waals surface area contributed by atoms with E-state index in [1.807, 2.05) is 18.7 Å². The molecule has 0 aliphatic heterocycles. The van der Waals surface area contributed by atoms with E-state index in [4.69, 9.17) is 0 Å². The highest BCUT2D eigenvalue weighted by Gasteiger charge is 2.33. The SMILES string of the molecule is Cc1nc(NC(=O)CN(C(=O)C2CCCC2)C2CCCCC2)sc1C. The number of nitrogens with zero attached hydrogens (tertiary/aromatic N) is 2. The molecule has 1 heterocycles. The Labute approximate surface area is 154 Å². The molecule has 2 saturated carbocycles. The molecule has 1 aromatic heterocycles. The Morgan fingerprint density at radius 3 is 2.32 bits per heavy atom. The molecule has 2 fully saturated rings. The fraction of sp³-hybridized carbons (Fsp3) is 0.737. The summed E-state index contributed by atoms with van der Waals surface area (Å²) in [5.41, 5.74) is 0.950. The molecular formula is C19H29N3O2S. The van der Waals surface area contributed by atoms with E-state index in [1.54, 1.807) is 0 Å². The van der Waals surface area contributed by atoms with Gasteiger partial charge in [-0.05, 0) is 39.5 Å². The molecule has 0 unspecified atom stereocenters. The van der Waals surface area contributed by atoms with Crippen molar-refractivity contribution >= 4 is 28.3 Å². The minimum atomic E-state index is -0.120. The molecule has 138 valence electrons. The summed E-state index contributed by atoms with van der Waals surface area (Å²) in [6.07, 6.45) is 9.85. The normalized spacial score (nSPS) is 19.1. The Bertz CT molecular complexity index is 597. The number of carbonyl (C=O) groups excluding carboxylic acids is 2. The molecule has 3 rings (SSSR count). The number of thiazole rings is 1. The van der Waals surface area contributed by atoms with Gasteiger partial charge in [0.15, 0.2) is 5.13 Å². The maximum atomic E-state index is 13.0. The van der Waals surface area contributed by atoms with E-state index in [-0.39, 0.29) is 30.3 Å². The zero-order valence-corrected chi connectivity index (χ0v) is 16.2. The molecule has 2 amide bonds. The summed E-state index contributed by atoms with van der Waals surface area (Å²) in [7, 11) is 0. The second kappa shape index (κ2) is 8.30. The number of amides is 2. The number of hydrogen-bond acceptors (Lipinski definition) is 4. The molecular weight excluding hydrogens is 334 g/mol. The van der Waals surface area contributed by atoms with Crippen molar-refractivity contribution in [3.63, 3.8) is 0 Å². The molecule has 2 aliphatic rings. The van der Waals surface area contributed by atoms with E-state index in [9.17, 15) is 9.59 Å². The first kappa shape index (κ1) is 18.4. The molecule has 0 saturated heterocycles. The minimum Gasteiger partial charge on any atom is -0.330 e. The summed E-state index contributed by atoms with van der Waals surface area (Å²) in [5, 5.41) is 3.53. The average Bonchev–Trinajstić information content (AvgIpc) is 3.23. The van der Waals surface area contributed by atoms with E-state index in [0.29, 0.717) is 5.13 Å². The van der Waals surface area contributed by atoms with Gasteiger partial charge < -0.3 is 10.2 Å². The fourth-order valence-electron chi connectivity index (χ4n) is 4.03. The molecule has 2 aliphatic carbocycles. The Balaban J connectivity index is 1.67. The lowest BCUT2D eigenvalue weighted by Crippen LogP contribution is -2.47. The van der Waals surface area contributed by atoms with Crippen LogP contribution in [0.3, 0.4) is 0 Å². The van der Waals surface area contributed by atoms with E-state index >= 15 is 0 Å². The van der Waals surface area contributed by atoms with Crippen molar-refractivity contribution in [1.82, 2.24) is 9.88 Å².